The molecule has 19 nitrogen and oxygen atoms in total. The fourth-order valence-electron chi connectivity index (χ4n) is 15.4. The van der Waals surface area contributed by atoms with Gasteiger partial charge in [0.1, 0.15) is 72.6 Å². The van der Waals surface area contributed by atoms with Crippen LogP contribution in [-0.2, 0) is 38.0 Å². The Morgan fingerprint density at radius 1 is 0.662 bits per heavy atom. The highest BCUT2D eigenvalue weighted by Gasteiger charge is 2.73. The fourth-order valence-corrected chi connectivity index (χ4v) is 15.4. The lowest BCUT2D eigenvalue weighted by atomic mass is 9.32. The molecule has 3 aliphatic heterocycles. The number of carbonyl (C=O) groups is 1. The Bertz CT molecular complexity index is 1860. The summed E-state index contributed by atoms with van der Waals surface area (Å²) in [6.45, 7) is 15.1. The summed E-state index contributed by atoms with van der Waals surface area (Å²) in [5.74, 6) is -0.655. The molecule has 8 aliphatic rings. The van der Waals surface area contributed by atoms with Gasteiger partial charge in [-0.3, -0.25) is 4.79 Å². The SMILES string of the molecule is COC(=O)[C@@]12CC[C@]3(C)C(=CC[C@@H]4[C@@]5(C)CC[C@H](O[C@@H]6O[C@H](CO)[C@@H](O[C@@H]7O[C@H](CO)[C@@H](O)[C@H](O)[C@H]7O[C@@H]7O[C@@H](C)[C@H](O)[C@@H](O)[C@H]7O)[C@H](O)[C@H]6O)C(C)(C)[C@@H]5C[C@H](O)[C@]43C)[C@@H]1CC(C)(C)C[C@H]2O. The summed E-state index contributed by atoms with van der Waals surface area (Å²) in [6.07, 6.45) is -19.3. The predicted octanol–water partition coefficient (Wildman–Crippen LogP) is -0.236. The molecule has 68 heavy (non-hydrogen) atoms. The van der Waals surface area contributed by atoms with Crippen LogP contribution >= 0.6 is 0 Å². The van der Waals surface area contributed by atoms with Crippen LogP contribution < -0.4 is 0 Å². The second-order valence-corrected chi connectivity index (χ2v) is 23.8. The van der Waals surface area contributed by atoms with Gasteiger partial charge in [0.05, 0.1) is 44.7 Å². The summed E-state index contributed by atoms with van der Waals surface area (Å²) in [7, 11) is 1.40. The molecule has 0 aromatic heterocycles. The van der Waals surface area contributed by atoms with Crippen molar-refractivity contribution in [2.24, 2.45) is 50.2 Å². The van der Waals surface area contributed by atoms with Crippen LogP contribution in [-0.4, -0.2) is 193 Å². The average molecular weight is 973 g/mol. The quantitative estimate of drug-likeness (QED) is 0.0808. The van der Waals surface area contributed by atoms with Crippen LogP contribution in [0.15, 0.2) is 11.6 Å². The molecule has 0 unspecified atom stereocenters. The van der Waals surface area contributed by atoms with E-state index in [0.717, 1.165) is 12.0 Å². The highest BCUT2D eigenvalue weighted by Crippen LogP contribution is 2.76. The summed E-state index contributed by atoms with van der Waals surface area (Å²) in [5, 5.41) is 122. The van der Waals surface area contributed by atoms with Crippen molar-refractivity contribution in [3.05, 3.63) is 11.6 Å². The molecule has 0 aromatic rings. The number of esters is 1. The van der Waals surface area contributed by atoms with Crippen molar-refractivity contribution in [2.45, 2.75) is 217 Å². The molecule has 3 heterocycles. The van der Waals surface area contributed by atoms with Crippen LogP contribution in [0.25, 0.3) is 0 Å². The molecule has 7 fully saturated rings. The maximum Gasteiger partial charge on any atom is 0.315 e. The minimum absolute atomic E-state index is 0.0350. The minimum Gasteiger partial charge on any atom is -0.468 e. The Labute approximate surface area is 398 Å². The van der Waals surface area contributed by atoms with E-state index in [1.165, 1.54) is 14.0 Å². The number of fused-ring (bicyclic) bond motifs is 7. The van der Waals surface area contributed by atoms with E-state index in [2.05, 4.69) is 54.5 Å². The highest BCUT2D eigenvalue weighted by atomic mass is 16.8. The number of carbonyl (C=O) groups excluding carboxylic acids is 1. The van der Waals surface area contributed by atoms with Crippen LogP contribution in [0.2, 0.25) is 0 Å². The third-order valence-corrected chi connectivity index (χ3v) is 19.6. The first kappa shape index (κ1) is 52.8. The number of aliphatic hydroxyl groups is 11. The Morgan fingerprint density at radius 2 is 1.26 bits per heavy atom. The van der Waals surface area contributed by atoms with E-state index >= 15 is 0 Å². The standard InChI is InChI=1S/C49H80O19/c1-21-31(54)33(56)36(59)40(63-21)68-39-34(57)32(55)24(19-50)64-42(39)67-38-25(20-51)65-41(37(60)35(38)58)66-30-12-13-46(6)26-11-10-22-23-17-44(2,3)18-29(53)49(23,43(61)62-9)15-14-47(22,7)48(26,8)28(52)16-27(46)45(30,4)5/h10,21,23-42,50-60H,11-20H2,1-9H3/t21-,23-,24+,25+,26+,27-,28-,29+,30-,31-,32+,33+,34-,35+,36+,37+,38+,39+,40-,41-,42-,46+,47+,48-,49-/m0/s1. The van der Waals surface area contributed by atoms with Gasteiger partial charge >= 0.3 is 5.97 Å². The Hall–Kier alpha value is -1.47. The van der Waals surface area contributed by atoms with Crippen molar-refractivity contribution in [3.8, 4) is 0 Å². The molecule has 0 aromatic carbocycles. The molecule has 0 spiro atoms. The van der Waals surface area contributed by atoms with Crippen molar-refractivity contribution in [1.82, 2.24) is 0 Å². The van der Waals surface area contributed by atoms with Crippen LogP contribution in [0, 0.1) is 50.2 Å². The number of hydrogen-bond acceptors (Lipinski definition) is 19. The molecule has 0 bridgehead atoms. The van der Waals surface area contributed by atoms with Crippen LogP contribution in [0.4, 0.5) is 0 Å². The number of allylic oxidation sites excluding steroid dienone is 2. The topological polar surface area (TPSA) is 304 Å². The molecule has 4 saturated carbocycles. The molecule has 8 rings (SSSR count). The summed E-state index contributed by atoms with van der Waals surface area (Å²) in [4.78, 5) is 13.8. The summed E-state index contributed by atoms with van der Waals surface area (Å²) < 4.78 is 41.5. The third kappa shape index (κ3) is 7.90. The largest absolute Gasteiger partial charge is 0.468 e. The zero-order valence-corrected chi connectivity index (χ0v) is 41.0. The molecule has 3 saturated heterocycles. The second kappa shape index (κ2) is 18.5. The lowest BCUT2D eigenvalue weighted by molar-refractivity contribution is -0.390. The van der Waals surface area contributed by atoms with E-state index in [-0.39, 0.29) is 34.6 Å². The van der Waals surface area contributed by atoms with Crippen molar-refractivity contribution in [3.63, 3.8) is 0 Å². The molecule has 5 aliphatic carbocycles. The lowest BCUT2D eigenvalue weighted by Crippen LogP contribution is -2.70. The number of rotatable bonds is 9. The summed E-state index contributed by atoms with van der Waals surface area (Å²) in [6, 6.07) is 0. The predicted molar refractivity (Wildman–Crippen MR) is 236 cm³/mol. The van der Waals surface area contributed by atoms with E-state index in [1.54, 1.807) is 0 Å². The maximum absolute atomic E-state index is 13.8. The molecule has 11 N–H and O–H groups in total. The van der Waals surface area contributed by atoms with Gasteiger partial charge < -0.3 is 89.3 Å². The summed E-state index contributed by atoms with van der Waals surface area (Å²) in [5.41, 5.74) is -2.10. The Balaban J connectivity index is 1.00. The van der Waals surface area contributed by atoms with Gasteiger partial charge in [0.15, 0.2) is 18.9 Å². The molecular weight excluding hydrogens is 893 g/mol. The van der Waals surface area contributed by atoms with E-state index in [0.29, 0.717) is 44.9 Å². The van der Waals surface area contributed by atoms with Crippen LogP contribution in [0.1, 0.15) is 107 Å². The van der Waals surface area contributed by atoms with Gasteiger partial charge in [-0.2, -0.15) is 0 Å². The lowest BCUT2D eigenvalue weighted by Gasteiger charge is -2.72. The number of aliphatic hydroxyl groups excluding tert-OH is 11. The van der Waals surface area contributed by atoms with E-state index in [4.69, 9.17) is 33.2 Å². The van der Waals surface area contributed by atoms with Crippen LogP contribution in [0.5, 0.6) is 0 Å². The molecule has 19 heteroatoms. The first-order chi connectivity index (χ1) is 31.7. The molecular formula is C49H80O19. The Morgan fingerprint density at radius 3 is 1.91 bits per heavy atom. The number of methoxy groups -OCH3 is 1. The smallest absolute Gasteiger partial charge is 0.315 e. The first-order valence-corrected chi connectivity index (χ1v) is 24.8. The fraction of sp³-hybridized carbons (Fsp3) is 0.939. The first-order valence-electron chi connectivity index (χ1n) is 24.8. The molecule has 25 atom stereocenters. The van der Waals surface area contributed by atoms with Gasteiger partial charge in [0.25, 0.3) is 0 Å². The third-order valence-electron chi connectivity index (χ3n) is 19.6. The van der Waals surface area contributed by atoms with Gasteiger partial charge in [-0.05, 0) is 97.7 Å². The zero-order valence-electron chi connectivity index (χ0n) is 41.0. The number of ether oxygens (including phenoxy) is 7. The number of hydrogen-bond donors (Lipinski definition) is 11. The Kier molecular flexibility index (Phi) is 14.4. The van der Waals surface area contributed by atoms with Crippen molar-refractivity contribution >= 4 is 5.97 Å². The molecule has 0 radical (unpaired) electrons. The van der Waals surface area contributed by atoms with E-state index in [1.807, 2.05) is 0 Å². The average Bonchev–Trinajstić information content (AvgIpc) is 3.28. The van der Waals surface area contributed by atoms with Crippen molar-refractivity contribution in [2.75, 3.05) is 20.3 Å². The van der Waals surface area contributed by atoms with Gasteiger partial charge in [-0.1, -0.05) is 60.1 Å². The van der Waals surface area contributed by atoms with Gasteiger partial charge in [-0.25, -0.2) is 0 Å². The maximum atomic E-state index is 13.8. The monoisotopic (exact) mass is 973 g/mol. The van der Waals surface area contributed by atoms with Crippen molar-refractivity contribution < 1.29 is 94.1 Å². The van der Waals surface area contributed by atoms with E-state index < -0.39 is 145 Å². The van der Waals surface area contributed by atoms with Gasteiger partial charge in [0.2, 0.25) is 0 Å². The van der Waals surface area contributed by atoms with Gasteiger partial charge in [0, 0.05) is 5.41 Å². The molecule has 390 valence electrons. The van der Waals surface area contributed by atoms with Crippen LogP contribution in [0.3, 0.4) is 0 Å². The van der Waals surface area contributed by atoms with Gasteiger partial charge in [-0.15, -0.1) is 0 Å². The minimum atomic E-state index is -1.85. The van der Waals surface area contributed by atoms with Crippen molar-refractivity contribution in [1.29, 1.82) is 0 Å². The molecule has 0 amide bonds. The second-order valence-electron chi connectivity index (χ2n) is 23.8. The highest BCUT2D eigenvalue weighted by molar-refractivity contribution is 5.79. The zero-order chi connectivity index (χ0) is 50.0. The summed E-state index contributed by atoms with van der Waals surface area (Å²) >= 11 is 0. The van der Waals surface area contributed by atoms with E-state index in [9.17, 15) is 61.0 Å². The normalized spacial score (nSPS) is 54.3.